The van der Waals surface area contributed by atoms with Gasteiger partial charge in [-0.3, -0.25) is 9.69 Å². The molecular weight excluding hydrogens is 210 g/mol. The van der Waals surface area contributed by atoms with Crippen LogP contribution in [0.2, 0.25) is 0 Å². The van der Waals surface area contributed by atoms with Crippen molar-refractivity contribution in [1.82, 2.24) is 4.90 Å². The molecule has 0 amide bonds. The summed E-state index contributed by atoms with van der Waals surface area (Å²) in [5, 5.41) is 0. The first-order chi connectivity index (χ1) is 8.24. The molecule has 0 unspecified atom stereocenters. The lowest BCUT2D eigenvalue weighted by Gasteiger charge is -2.34. The first-order valence-corrected chi connectivity index (χ1v) is 6.56. The molecule has 1 aromatic carbocycles. The van der Waals surface area contributed by atoms with Crippen LogP contribution >= 0.6 is 0 Å². The molecule has 3 atom stereocenters. The molecule has 0 saturated carbocycles. The normalized spacial score (nSPS) is 33.7. The van der Waals surface area contributed by atoms with E-state index in [9.17, 15) is 4.79 Å². The lowest BCUT2D eigenvalue weighted by Crippen LogP contribution is -2.44. The summed E-state index contributed by atoms with van der Waals surface area (Å²) in [5.41, 5.74) is 1.43. The van der Waals surface area contributed by atoms with Crippen LogP contribution in [0.15, 0.2) is 30.3 Å². The Labute approximate surface area is 103 Å². The third-order valence-corrected chi connectivity index (χ3v) is 4.28. The van der Waals surface area contributed by atoms with Gasteiger partial charge < -0.3 is 0 Å². The number of carbonyl (C=O) groups is 1. The van der Waals surface area contributed by atoms with Crippen LogP contribution in [0.1, 0.15) is 37.7 Å². The number of rotatable bonds is 1. The van der Waals surface area contributed by atoms with Gasteiger partial charge in [-0.2, -0.15) is 0 Å². The molecule has 2 heterocycles. The average molecular weight is 229 g/mol. The van der Waals surface area contributed by atoms with E-state index in [0.717, 1.165) is 25.8 Å². The fourth-order valence-electron chi connectivity index (χ4n) is 3.44. The van der Waals surface area contributed by atoms with E-state index in [1.165, 1.54) is 5.56 Å². The molecule has 2 heteroatoms. The fraction of sp³-hybridized carbons (Fsp3) is 0.533. The molecule has 2 aliphatic heterocycles. The minimum atomic E-state index is 0.440. The van der Waals surface area contributed by atoms with Gasteiger partial charge in [0.05, 0.1) is 0 Å². The van der Waals surface area contributed by atoms with Crippen LogP contribution in [0.3, 0.4) is 0 Å². The van der Waals surface area contributed by atoms with E-state index in [0.29, 0.717) is 23.8 Å². The van der Waals surface area contributed by atoms with Gasteiger partial charge >= 0.3 is 0 Å². The predicted octanol–water partition coefficient (Wildman–Crippen LogP) is 2.60. The number of hydrogen-bond acceptors (Lipinski definition) is 2. The first-order valence-electron chi connectivity index (χ1n) is 6.56. The van der Waals surface area contributed by atoms with Crippen LogP contribution in [0, 0.1) is 0 Å². The summed E-state index contributed by atoms with van der Waals surface area (Å²) in [6, 6.07) is 11.7. The van der Waals surface area contributed by atoms with Crippen molar-refractivity contribution in [3.63, 3.8) is 0 Å². The highest BCUT2D eigenvalue weighted by Crippen LogP contribution is 2.37. The van der Waals surface area contributed by atoms with Gasteiger partial charge in [0.25, 0.3) is 0 Å². The number of Topliss-reactive ketones (excluding diaryl/α,β-unsaturated/α-hetero) is 1. The van der Waals surface area contributed by atoms with Crippen LogP contribution in [0.4, 0.5) is 0 Å². The molecule has 2 nitrogen and oxygen atoms in total. The number of benzene rings is 1. The van der Waals surface area contributed by atoms with Gasteiger partial charge in [-0.15, -0.1) is 0 Å². The average Bonchev–Trinajstić information content (AvgIpc) is 2.74. The Morgan fingerprint density at radius 1 is 1.18 bits per heavy atom. The molecule has 0 N–H and O–H groups in total. The molecule has 17 heavy (non-hydrogen) atoms. The smallest absolute Gasteiger partial charge is 0.136 e. The van der Waals surface area contributed by atoms with Crippen molar-refractivity contribution in [2.24, 2.45) is 0 Å². The van der Waals surface area contributed by atoms with Crippen molar-refractivity contribution in [1.29, 1.82) is 0 Å². The Morgan fingerprint density at radius 3 is 2.71 bits per heavy atom. The zero-order chi connectivity index (χ0) is 11.8. The van der Waals surface area contributed by atoms with E-state index in [2.05, 4.69) is 42.2 Å². The zero-order valence-corrected chi connectivity index (χ0v) is 10.3. The third kappa shape index (κ3) is 2.02. The van der Waals surface area contributed by atoms with Gasteiger partial charge in [0.1, 0.15) is 5.78 Å². The van der Waals surface area contributed by atoms with Crippen LogP contribution < -0.4 is 0 Å². The zero-order valence-electron chi connectivity index (χ0n) is 10.3. The number of ketones is 1. The SMILES string of the molecule is C[C@@H]1CC(=O)C[C@H]2C[C@H](c3ccccc3)CN21. The van der Waals surface area contributed by atoms with E-state index in [1.54, 1.807) is 0 Å². The Morgan fingerprint density at radius 2 is 1.94 bits per heavy atom. The van der Waals surface area contributed by atoms with Gasteiger partial charge in [-0.1, -0.05) is 30.3 Å². The number of nitrogens with zero attached hydrogens (tertiary/aromatic N) is 1. The summed E-state index contributed by atoms with van der Waals surface area (Å²) in [7, 11) is 0. The second-order valence-electron chi connectivity index (χ2n) is 5.49. The van der Waals surface area contributed by atoms with E-state index < -0.39 is 0 Å². The quantitative estimate of drug-likeness (QED) is 0.737. The molecule has 0 spiro atoms. The summed E-state index contributed by atoms with van der Waals surface area (Å²) in [6.45, 7) is 3.32. The van der Waals surface area contributed by atoms with Gasteiger partial charge in [0, 0.05) is 31.5 Å². The Bertz CT molecular complexity index is 414. The first kappa shape index (κ1) is 11.0. The Balaban J connectivity index is 1.79. The van der Waals surface area contributed by atoms with Crippen molar-refractivity contribution < 1.29 is 4.79 Å². The van der Waals surface area contributed by atoms with Crippen molar-refractivity contribution in [3.8, 4) is 0 Å². The fourth-order valence-corrected chi connectivity index (χ4v) is 3.44. The summed E-state index contributed by atoms with van der Waals surface area (Å²) >= 11 is 0. The lowest BCUT2D eigenvalue weighted by atomic mass is 9.93. The minimum absolute atomic E-state index is 0.440. The Kier molecular flexibility index (Phi) is 2.75. The monoisotopic (exact) mass is 229 g/mol. The van der Waals surface area contributed by atoms with Crippen LogP contribution in [0.5, 0.6) is 0 Å². The number of piperidine rings is 1. The maximum atomic E-state index is 11.6. The van der Waals surface area contributed by atoms with E-state index in [1.807, 2.05) is 0 Å². The Hall–Kier alpha value is -1.15. The van der Waals surface area contributed by atoms with Gasteiger partial charge in [0.2, 0.25) is 0 Å². The molecule has 2 aliphatic rings. The standard InChI is InChI=1S/C15H19NO/c1-11-7-15(17)9-14-8-13(10-16(11)14)12-5-3-2-4-6-12/h2-6,11,13-14H,7-10H2,1H3/t11-,13+,14-/m1/s1. The molecule has 90 valence electrons. The van der Waals surface area contributed by atoms with Crippen molar-refractivity contribution in [2.75, 3.05) is 6.54 Å². The molecule has 0 aliphatic carbocycles. The third-order valence-electron chi connectivity index (χ3n) is 4.28. The van der Waals surface area contributed by atoms with Crippen molar-refractivity contribution in [3.05, 3.63) is 35.9 Å². The molecule has 0 aromatic heterocycles. The molecule has 1 aromatic rings. The summed E-state index contributed by atoms with van der Waals surface area (Å²) in [6.07, 6.45) is 2.67. The molecule has 0 bridgehead atoms. The number of fused-ring (bicyclic) bond motifs is 1. The molecular formula is C15H19NO. The van der Waals surface area contributed by atoms with E-state index >= 15 is 0 Å². The second kappa shape index (κ2) is 4.26. The highest BCUT2D eigenvalue weighted by molar-refractivity contribution is 5.80. The highest BCUT2D eigenvalue weighted by Gasteiger charge is 2.40. The maximum absolute atomic E-state index is 11.6. The largest absolute Gasteiger partial charge is 0.300 e. The van der Waals surface area contributed by atoms with Gasteiger partial charge in [-0.05, 0) is 24.8 Å². The molecule has 3 rings (SSSR count). The van der Waals surface area contributed by atoms with Crippen molar-refractivity contribution in [2.45, 2.75) is 44.2 Å². The summed E-state index contributed by atoms with van der Waals surface area (Å²) in [5.74, 6) is 1.07. The van der Waals surface area contributed by atoms with E-state index in [-0.39, 0.29) is 0 Å². The van der Waals surface area contributed by atoms with E-state index in [4.69, 9.17) is 0 Å². The predicted molar refractivity (Wildman–Crippen MR) is 68.0 cm³/mol. The minimum Gasteiger partial charge on any atom is -0.300 e. The topological polar surface area (TPSA) is 20.3 Å². The van der Waals surface area contributed by atoms with Crippen LogP contribution in [0.25, 0.3) is 0 Å². The summed E-state index contributed by atoms with van der Waals surface area (Å²) in [4.78, 5) is 14.2. The van der Waals surface area contributed by atoms with Crippen LogP contribution in [-0.4, -0.2) is 29.3 Å². The number of hydrogen-bond donors (Lipinski definition) is 0. The van der Waals surface area contributed by atoms with Crippen LogP contribution in [-0.2, 0) is 4.79 Å². The van der Waals surface area contributed by atoms with Gasteiger partial charge in [-0.25, -0.2) is 0 Å². The summed E-state index contributed by atoms with van der Waals surface area (Å²) < 4.78 is 0. The van der Waals surface area contributed by atoms with Gasteiger partial charge in [0.15, 0.2) is 0 Å². The molecule has 2 saturated heterocycles. The second-order valence-corrected chi connectivity index (χ2v) is 5.49. The highest BCUT2D eigenvalue weighted by atomic mass is 16.1. The van der Waals surface area contributed by atoms with Crippen molar-refractivity contribution >= 4 is 5.78 Å². The maximum Gasteiger partial charge on any atom is 0.136 e. The molecule has 2 fully saturated rings. The number of carbonyl (C=O) groups excluding carboxylic acids is 1. The lowest BCUT2D eigenvalue weighted by molar-refractivity contribution is -0.124. The molecule has 0 radical (unpaired) electrons.